The number of hydrogen-bond acceptors (Lipinski definition) is 5. The van der Waals surface area contributed by atoms with E-state index in [-0.39, 0.29) is 6.42 Å². The Balaban J connectivity index is 2.15. The van der Waals surface area contributed by atoms with E-state index in [2.05, 4.69) is 10.9 Å². The van der Waals surface area contributed by atoms with Crippen molar-refractivity contribution in [3.8, 4) is 0 Å². The number of carbonyl (C=O) groups excluding carboxylic acids is 1. The molecule has 0 aliphatic carbocycles. The number of rotatable bonds is 6. The zero-order chi connectivity index (χ0) is 17.0. The van der Waals surface area contributed by atoms with E-state index >= 15 is 0 Å². The second-order valence-corrected chi connectivity index (χ2v) is 5.44. The fourth-order valence-corrected chi connectivity index (χ4v) is 2.30. The number of carbonyl (C=O) groups is 1. The van der Waals surface area contributed by atoms with Crippen molar-refractivity contribution < 1.29 is 19.5 Å². The van der Waals surface area contributed by atoms with Crippen molar-refractivity contribution in [2.24, 2.45) is 0 Å². The molecule has 6 heteroatoms. The third-order valence-electron chi connectivity index (χ3n) is 3.66. The third-order valence-corrected chi connectivity index (χ3v) is 3.66. The normalized spacial score (nSPS) is 13.3. The first-order valence-electron chi connectivity index (χ1n) is 7.42. The van der Waals surface area contributed by atoms with Crippen LogP contribution >= 0.6 is 0 Å². The van der Waals surface area contributed by atoms with Crippen LogP contribution in [0.3, 0.4) is 0 Å². The van der Waals surface area contributed by atoms with Crippen molar-refractivity contribution in [3.05, 3.63) is 57.6 Å². The number of nitrogens with zero attached hydrogens (tertiary/aromatic N) is 1. The van der Waals surface area contributed by atoms with Gasteiger partial charge < -0.3 is 4.74 Å². The van der Waals surface area contributed by atoms with E-state index in [4.69, 9.17) is 4.74 Å². The lowest BCUT2D eigenvalue weighted by Crippen LogP contribution is -2.26. The first kappa shape index (κ1) is 16.7. The van der Waals surface area contributed by atoms with Gasteiger partial charge in [-0.05, 0) is 30.2 Å². The molecule has 0 spiro atoms. The smallest absolute Gasteiger partial charge is 0.315 e. The van der Waals surface area contributed by atoms with E-state index in [0.29, 0.717) is 0 Å². The summed E-state index contributed by atoms with van der Waals surface area (Å²) in [6.07, 6.45) is -0.973. The van der Waals surface area contributed by atoms with E-state index in [1.165, 1.54) is 5.56 Å². The molecule has 2 aromatic carbocycles. The Morgan fingerprint density at radius 2 is 1.87 bits per heavy atom. The zero-order valence-corrected chi connectivity index (χ0v) is 13.3. The molecule has 0 aliphatic heterocycles. The molecule has 6 nitrogen and oxygen atoms in total. The van der Waals surface area contributed by atoms with Crippen molar-refractivity contribution in [3.63, 3.8) is 0 Å². The fraction of sp³-hybridized carbons (Fsp3) is 0.353. The molecule has 0 aromatic heterocycles. The number of aryl methyl sites for hydroxylation is 1. The van der Waals surface area contributed by atoms with Crippen molar-refractivity contribution >= 4 is 16.7 Å². The molecule has 0 saturated heterocycles. The average molecular weight is 317 g/mol. The summed E-state index contributed by atoms with van der Waals surface area (Å²) in [5.41, 5.74) is 1.96. The van der Waals surface area contributed by atoms with Gasteiger partial charge in [-0.15, -0.1) is 10.1 Å². The van der Waals surface area contributed by atoms with Crippen molar-refractivity contribution in [2.45, 2.75) is 39.4 Å². The Bertz CT molecular complexity index is 728. The number of fused-ring (bicyclic) bond motifs is 1. The zero-order valence-electron chi connectivity index (χ0n) is 13.3. The van der Waals surface area contributed by atoms with Crippen LogP contribution in [-0.4, -0.2) is 17.3 Å². The Morgan fingerprint density at radius 3 is 2.52 bits per heavy atom. The van der Waals surface area contributed by atoms with Crippen LogP contribution in [0.5, 0.6) is 0 Å². The van der Waals surface area contributed by atoms with Crippen LogP contribution in [0, 0.1) is 17.0 Å². The Kier molecular flexibility index (Phi) is 5.16. The minimum absolute atomic E-state index is 0.205. The topological polar surface area (TPSA) is 78.7 Å². The molecule has 0 amide bonds. The van der Waals surface area contributed by atoms with Gasteiger partial charge in [-0.3, -0.25) is 9.63 Å². The van der Waals surface area contributed by atoms with Crippen molar-refractivity contribution in [1.29, 1.82) is 0 Å². The van der Waals surface area contributed by atoms with Crippen LogP contribution < -0.4 is 0 Å². The number of benzene rings is 2. The van der Waals surface area contributed by atoms with Gasteiger partial charge >= 0.3 is 5.97 Å². The summed E-state index contributed by atoms with van der Waals surface area (Å²) < 4.78 is 5.06. The van der Waals surface area contributed by atoms with Crippen molar-refractivity contribution in [2.75, 3.05) is 0 Å². The maximum atomic E-state index is 12.2. The highest BCUT2D eigenvalue weighted by atomic mass is 17.0. The van der Waals surface area contributed by atoms with Gasteiger partial charge in [0.25, 0.3) is 5.09 Å². The molecule has 2 rings (SSSR count). The molecular formula is C17H19NO5. The van der Waals surface area contributed by atoms with Gasteiger partial charge in [-0.1, -0.05) is 48.9 Å². The second kappa shape index (κ2) is 7.09. The molecule has 2 atom stereocenters. The Hall–Kier alpha value is -2.63. The molecule has 0 saturated carbocycles. The van der Waals surface area contributed by atoms with Crippen LogP contribution in [0.1, 0.15) is 37.3 Å². The van der Waals surface area contributed by atoms with E-state index in [1.807, 2.05) is 37.3 Å². The van der Waals surface area contributed by atoms with Gasteiger partial charge in [-0.2, -0.15) is 0 Å². The molecule has 122 valence electrons. The highest BCUT2D eigenvalue weighted by Gasteiger charge is 2.22. The van der Waals surface area contributed by atoms with Crippen LogP contribution in [0.25, 0.3) is 10.8 Å². The maximum Gasteiger partial charge on any atom is 0.315 e. The Labute approximate surface area is 134 Å². The summed E-state index contributed by atoms with van der Waals surface area (Å²) >= 11 is 0. The highest BCUT2D eigenvalue weighted by Crippen LogP contribution is 2.24. The molecule has 0 radical (unpaired) electrons. The largest absolute Gasteiger partial charge is 0.435 e. The molecule has 0 fully saturated rings. The minimum Gasteiger partial charge on any atom is -0.435 e. The summed E-state index contributed by atoms with van der Waals surface area (Å²) in [5.74, 6) is -1.09. The molecule has 23 heavy (non-hydrogen) atoms. The highest BCUT2D eigenvalue weighted by molar-refractivity contribution is 5.86. The predicted octanol–water partition coefficient (Wildman–Crippen LogP) is 3.74. The summed E-state index contributed by atoms with van der Waals surface area (Å²) in [4.78, 5) is 26.8. The fourth-order valence-electron chi connectivity index (χ4n) is 2.30. The lowest BCUT2D eigenvalue weighted by molar-refractivity contribution is -0.779. The standard InChI is InChI=1S/C17H19NO5/c1-4-16(23-18(20)21)22-17(19)12(3)13-7-8-14-9-11(2)5-6-15(14)10-13/h5-10,12,16H,4H2,1-3H3/t12-,16?/m0/s1. The maximum absolute atomic E-state index is 12.2. The van der Waals surface area contributed by atoms with Crippen LogP contribution in [0.15, 0.2) is 36.4 Å². The van der Waals surface area contributed by atoms with E-state index in [0.717, 1.165) is 16.3 Å². The number of hydrogen-bond donors (Lipinski definition) is 0. The van der Waals surface area contributed by atoms with Crippen LogP contribution in [-0.2, 0) is 14.4 Å². The molecule has 0 aliphatic rings. The molecular weight excluding hydrogens is 298 g/mol. The van der Waals surface area contributed by atoms with Gasteiger partial charge in [0, 0.05) is 6.42 Å². The first-order chi connectivity index (χ1) is 10.9. The second-order valence-electron chi connectivity index (χ2n) is 5.44. The number of esters is 1. The van der Waals surface area contributed by atoms with Crippen LogP contribution in [0.2, 0.25) is 0 Å². The van der Waals surface area contributed by atoms with Gasteiger partial charge in [0.15, 0.2) is 0 Å². The molecule has 1 unspecified atom stereocenters. The van der Waals surface area contributed by atoms with Gasteiger partial charge in [0.1, 0.15) is 0 Å². The first-order valence-corrected chi connectivity index (χ1v) is 7.42. The molecule has 0 bridgehead atoms. The molecule has 2 aromatic rings. The summed E-state index contributed by atoms with van der Waals surface area (Å²) in [7, 11) is 0. The van der Waals surface area contributed by atoms with Gasteiger partial charge in [0.2, 0.25) is 6.29 Å². The average Bonchev–Trinajstić information content (AvgIpc) is 2.52. The minimum atomic E-state index is -1.18. The van der Waals surface area contributed by atoms with E-state index in [9.17, 15) is 14.9 Å². The summed E-state index contributed by atoms with van der Waals surface area (Å²) in [5, 5.41) is 11.5. The Morgan fingerprint density at radius 1 is 1.22 bits per heavy atom. The van der Waals surface area contributed by atoms with Gasteiger partial charge in [-0.25, -0.2) is 0 Å². The molecule has 0 N–H and O–H groups in total. The SMILES string of the molecule is CCC(OC(=O)[C@@H](C)c1ccc2cc(C)ccc2c1)O[N+](=O)[O-]. The van der Waals surface area contributed by atoms with E-state index < -0.39 is 23.3 Å². The predicted molar refractivity (Wildman–Crippen MR) is 85.4 cm³/mol. The lowest BCUT2D eigenvalue weighted by atomic mass is 9.97. The summed E-state index contributed by atoms with van der Waals surface area (Å²) in [6, 6.07) is 11.8. The van der Waals surface area contributed by atoms with Gasteiger partial charge in [0.05, 0.1) is 5.92 Å². The monoisotopic (exact) mass is 317 g/mol. The van der Waals surface area contributed by atoms with Crippen molar-refractivity contribution in [1.82, 2.24) is 0 Å². The number of ether oxygens (including phenoxy) is 1. The quantitative estimate of drug-likeness (QED) is 0.351. The summed E-state index contributed by atoms with van der Waals surface area (Å²) in [6.45, 7) is 5.37. The van der Waals surface area contributed by atoms with E-state index in [1.54, 1.807) is 13.8 Å². The lowest BCUT2D eigenvalue weighted by Gasteiger charge is -2.17. The molecule has 0 heterocycles. The third kappa shape index (κ3) is 4.18. The van der Waals surface area contributed by atoms with Crippen LogP contribution in [0.4, 0.5) is 0 Å².